The number of aryl methyl sites for hydroxylation is 2. The summed E-state index contributed by atoms with van der Waals surface area (Å²) in [7, 11) is 0. The number of H-pyrrole nitrogens is 1. The summed E-state index contributed by atoms with van der Waals surface area (Å²) in [5.74, 6) is 0. The second-order valence-electron chi connectivity index (χ2n) is 6.95. The van der Waals surface area contributed by atoms with Crippen molar-refractivity contribution < 1.29 is 0 Å². The van der Waals surface area contributed by atoms with Gasteiger partial charge in [0, 0.05) is 36.1 Å². The monoisotopic (exact) mass is 388 g/mol. The fourth-order valence-electron chi connectivity index (χ4n) is 3.36. The minimum atomic E-state index is -0.0420. The molecule has 0 amide bonds. The molecule has 0 bridgehead atoms. The number of nitrogens with one attached hydrogen (secondary N) is 2. The zero-order valence-electron chi connectivity index (χ0n) is 17.2. The van der Waals surface area contributed by atoms with E-state index in [-0.39, 0.29) is 5.56 Å². The quantitative estimate of drug-likeness (QED) is 0.680. The van der Waals surface area contributed by atoms with Gasteiger partial charge in [-0.15, -0.1) is 0 Å². The molecule has 2 N–H and O–H groups in total. The summed E-state index contributed by atoms with van der Waals surface area (Å²) in [5, 5.41) is 5.02. The van der Waals surface area contributed by atoms with Crippen molar-refractivity contribution in [3.8, 4) is 0 Å². The molecule has 1 aromatic heterocycles. The van der Waals surface area contributed by atoms with E-state index in [1.54, 1.807) is 0 Å². The Morgan fingerprint density at radius 3 is 2.44 bits per heavy atom. The summed E-state index contributed by atoms with van der Waals surface area (Å²) in [4.78, 5) is 20.2. The van der Waals surface area contributed by atoms with Gasteiger partial charge in [-0.2, -0.15) is 0 Å². The van der Waals surface area contributed by atoms with Gasteiger partial charge < -0.3 is 20.1 Å². The lowest BCUT2D eigenvalue weighted by Gasteiger charge is -2.28. The SMILES string of the molecule is CCNC(=S)N(CCN(CC)CC)Cc1cc2c(C)cc(C)cc2[nH]c1=O. The van der Waals surface area contributed by atoms with Crippen molar-refractivity contribution in [3.05, 3.63) is 45.2 Å². The number of fused-ring (bicyclic) bond motifs is 1. The van der Waals surface area contributed by atoms with Crippen molar-refractivity contribution in [3.63, 3.8) is 0 Å². The van der Waals surface area contributed by atoms with E-state index >= 15 is 0 Å². The average Bonchev–Trinajstić information content (AvgIpc) is 2.62. The van der Waals surface area contributed by atoms with Crippen molar-refractivity contribution in [2.24, 2.45) is 0 Å². The van der Waals surface area contributed by atoms with Crippen LogP contribution in [0.5, 0.6) is 0 Å². The van der Waals surface area contributed by atoms with Gasteiger partial charge in [-0.25, -0.2) is 0 Å². The van der Waals surface area contributed by atoms with Crippen LogP contribution in [-0.4, -0.2) is 52.6 Å². The summed E-state index contributed by atoms with van der Waals surface area (Å²) in [5.41, 5.74) is 3.92. The summed E-state index contributed by atoms with van der Waals surface area (Å²) < 4.78 is 0. The van der Waals surface area contributed by atoms with Crippen molar-refractivity contribution in [2.75, 3.05) is 32.7 Å². The van der Waals surface area contributed by atoms with Gasteiger partial charge in [0.15, 0.2) is 5.11 Å². The van der Waals surface area contributed by atoms with E-state index in [4.69, 9.17) is 12.2 Å². The Morgan fingerprint density at radius 2 is 1.81 bits per heavy atom. The molecule has 0 spiro atoms. The first kappa shape index (κ1) is 21.4. The largest absolute Gasteiger partial charge is 0.363 e. The number of hydrogen-bond donors (Lipinski definition) is 2. The van der Waals surface area contributed by atoms with E-state index in [1.165, 1.54) is 5.56 Å². The number of thiocarbonyl (C=S) groups is 1. The van der Waals surface area contributed by atoms with Crippen LogP contribution in [0.3, 0.4) is 0 Å². The lowest BCUT2D eigenvalue weighted by molar-refractivity contribution is 0.263. The second-order valence-corrected chi connectivity index (χ2v) is 7.34. The Balaban J connectivity index is 2.31. The number of hydrogen-bond acceptors (Lipinski definition) is 3. The number of rotatable bonds is 8. The number of aromatic nitrogens is 1. The predicted octanol–water partition coefficient (Wildman–Crippen LogP) is 3.18. The van der Waals surface area contributed by atoms with Gasteiger partial charge in [-0.1, -0.05) is 19.9 Å². The molecule has 148 valence electrons. The molecule has 2 rings (SSSR count). The molecule has 6 heteroatoms. The maximum absolute atomic E-state index is 12.7. The molecule has 0 aliphatic heterocycles. The van der Waals surface area contributed by atoms with E-state index in [0.717, 1.165) is 54.8 Å². The fourth-order valence-corrected chi connectivity index (χ4v) is 3.66. The molecule has 27 heavy (non-hydrogen) atoms. The first-order valence-electron chi connectivity index (χ1n) is 9.77. The molecule has 1 heterocycles. The molecule has 1 aromatic carbocycles. The van der Waals surface area contributed by atoms with Crippen molar-refractivity contribution >= 4 is 28.2 Å². The highest BCUT2D eigenvalue weighted by atomic mass is 32.1. The summed E-state index contributed by atoms with van der Waals surface area (Å²) in [6.45, 7) is 15.5. The van der Waals surface area contributed by atoms with Crippen molar-refractivity contribution in [1.82, 2.24) is 20.1 Å². The van der Waals surface area contributed by atoms with E-state index < -0.39 is 0 Å². The molecular formula is C21H32N4OS. The van der Waals surface area contributed by atoms with Gasteiger partial charge >= 0.3 is 0 Å². The van der Waals surface area contributed by atoms with Gasteiger partial charge in [0.25, 0.3) is 5.56 Å². The van der Waals surface area contributed by atoms with Crippen LogP contribution in [0.1, 0.15) is 37.5 Å². The van der Waals surface area contributed by atoms with E-state index in [1.807, 2.05) is 26.0 Å². The normalized spacial score (nSPS) is 11.2. The molecule has 2 aromatic rings. The summed E-state index contributed by atoms with van der Waals surface area (Å²) >= 11 is 5.56. The molecule has 5 nitrogen and oxygen atoms in total. The minimum absolute atomic E-state index is 0.0420. The van der Waals surface area contributed by atoms with Crippen LogP contribution in [0.15, 0.2) is 23.0 Å². The molecule has 0 aliphatic rings. The van der Waals surface area contributed by atoms with E-state index in [9.17, 15) is 4.79 Å². The highest BCUT2D eigenvalue weighted by Gasteiger charge is 2.14. The number of benzene rings is 1. The number of aromatic amines is 1. The average molecular weight is 389 g/mol. The summed E-state index contributed by atoms with van der Waals surface area (Å²) in [6.07, 6.45) is 0. The smallest absolute Gasteiger partial charge is 0.253 e. The fraction of sp³-hybridized carbons (Fsp3) is 0.524. The Hall–Kier alpha value is -1.92. The van der Waals surface area contributed by atoms with Gasteiger partial charge in [0.1, 0.15) is 0 Å². The maximum atomic E-state index is 12.7. The van der Waals surface area contributed by atoms with E-state index in [0.29, 0.717) is 11.7 Å². The third-order valence-corrected chi connectivity index (χ3v) is 5.35. The van der Waals surface area contributed by atoms with Crippen LogP contribution >= 0.6 is 12.2 Å². The van der Waals surface area contributed by atoms with E-state index in [2.05, 4.69) is 46.9 Å². The van der Waals surface area contributed by atoms with Crippen LogP contribution < -0.4 is 10.9 Å². The lowest BCUT2D eigenvalue weighted by Crippen LogP contribution is -2.44. The van der Waals surface area contributed by atoms with Gasteiger partial charge in [-0.3, -0.25) is 4.79 Å². The molecule has 0 fully saturated rings. The number of pyridine rings is 1. The van der Waals surface area contributed by atoms with Gasteiger partial charge in [0.2, 0.25) is 0 Å². The van der Waals surface area contributed by atoms with Crippen molar-refractivity contribution in [1.29, 1.82) is 0 Å². The molecule has 0 saturated heterocycles. The number of nitrogens with zero attached hydrogens (tertiary/aromatic N) is 2. The Morgan fingerprint density at radius 1 is 1.11 bits per heavy atom. The van der Waals surface area contributed by atoms with Gasteiger partial charge in [0.05, 0.1) is 6.54 Å². The molecule has 0 atom stereocenters. The molecular weight excluding hydrogens is 356 g/mol. The third kappa shape index (κ3) is 5.53. The highest BCUT2D eigenvalue weighted by molar-refractivity contribution is 7.80. The minimum Gasteiger partial charge on any atom is -0.363 e. The standard InChI is InChI=1S/C21H32N4OS/c1-6-22-21(27)25(10-9-24(7-2)8-3)14-17-13-18-16(5)11-15(4)12-19(18)23-20(17)26/h11-13H,6-10,14H2,1-5H3,(H,22,27)(H,23,26). The van der Waals surface area contributed by atoms with Crippen LogP contribution in [0.4, 0.5) is 0 Å². The maximum Gasteiger partial charge on any atom is 0.253 e. The zero-order valence-corrected chi connectivity index (χ0v) is 18.0. The first-order chi connectivity index (χ1) is 12.9. The lowest BCUT2D eigenvalue weighted by atomic mass is 10.0. The molecule has 0 radical (unpaired) electrons. The van der Waals surface area contributed by atoms with Crippen LogP contribution in [0.2, 0.25) is 0 Å². The highest BCUT2D eigenvalue weighted by Crippen LogP contribution is 2.19. The number of likely N-dealkylation sites (N-methyl/N-ethyl adjacent to an activating group) is 1. The predicted molar refractivity (Wildman–Crippen MR) is 119 cm³/mol. The Kier molecular flexibility index (Phi) is 7.80. The molecule has 0 aliphatic carbocycles. The van der Waals surface area contributed by atoms with Crippen molar-refractivity contribution in [2.45, 2.75) is 41.2 Å². The van der Waals surface area contributed by atoms with Crippen LogP contribution in [0, 0.1) is 13.8 Å². The van der Waals surface area contributed by atoms with Gasteiger partial charge in [-0.05, 0) is 69.3 Å². The first-order valence-corrected chi connectivity index (χ1v) is 10.2. The van der Waals surface area contributed by atoms with Crippen LogP contribution in [0.25, 0.3) is 10.9 Å². The second kappa shape index (κ2) is 9.85. The molecule has 0 saturated carbocycles. The molecule has 0 unspecified atom stereocenters. The summed E-state index contributed by atoms with van der Waals surface area (Å²) in [6, 6.07) is 6.18. The Labute approximate surface area is 167 Å². The third-order valence-electron chi connectivity index (χ3n) is 4.95. The Bertz CT molecular complexity index is 842. The zero-order chi connectivity index (χ0) is 20.0. The van der Waals surface area contributed by atoms with Crippen LogP contribution in [-0.2, 0) is 6.54 Å². The topological polar surface area (TPSA) is 51.4 Å².